The first-order chi connectivity index (χ1) is 7.68. The number of hydrogen-bond acceptors (Lipinski definition) is 1. The van der Waals surface area contributed by atoms with Gasteiger partial charge < -0.3 is 4.57 Å². The summed E-state index contributed by atoms with van der Waals surface area (Å²) in [6, 6.07) is 10.5. The van der Waals surface area contributed by atoms with Gasteiger partial charge in [0.05, 0.1) is 5.70 Å². The highest BCUT2D eigenvalue weighted by Crippen LogP contribution is 2.15. The average molecular weight is 232 g/mol. The zero-order valence-corrected chi connectivity index (χ0v) is 9.32. The molecule has 0 radical (unpaired) electrons. The van der Waals surface area contributed by atoms with Crippen LogP contribution in [-0.4, -0.2) is 10.4 Å². The molecule has 0 bridgehead atoms. The van der Waals surface area contributed by atoms with E-state index in [-0.39, 0.29) is 5.78 Å². The van der Waals surface area contributed by atoms with Gasteiger partial charge in [-0.3, -0.25) is 4.79 Å². The largest absolute Gasteiger partial charge is 0.321 e. The summed E-state index contributed by atoms with van der Waals surface area (Å²) >= 11 is 5.76. The van der Waals surface area contributed by atoms with E-state index in [1.807, 2.05) is 12.1 Å². The van der Waals surface area contributed by atoms with Gasteiger partial charge in [0.15, 0.2) is 0 Å². The van der Waals surface area contributed by atoms with Crippen molar-refractivity contribution >= 4 is 23.1 Å². The number of ketones is 1. The molecule has 1 aromatic heterocycles. The van der Waals surface area contributed by atoms with E-state index in [4.69, 9.17) is 11.6 Å². The molecule has 0 saturated carbocycles. The number of carbonyl (C=O) groups excluding carboxylic acids is 1. The van der Waals surface area contributed by atoms with E-state index < -0.39 is 0 Å². The molecule has 3 heteroatoms. The molecule has 2 aromatic rings. The standard InChI is InChI=1S/C13H10ClNO/c1-10(15-8-2-3-9-15)13(16)11-4-6-12(14)7-5-11/h2-9H,1H2. The Kier molecular flexibility index (Phi) is 2.93. The molecule has 16 heavy (non-hydrogen) atoms. The molecule has 1 heterocycles. The van der Waals surface area contributed by atoms with E-state index in [1.165, 1.54) is 0 Å². The normalized spacial score (nSPS) is 10.1. The van der Waals surface area contributed by atoms with Crippen molar-refractivity contribution in [3.8, 4) is 0 Å². The van der Waals surface area contributed by atoms with Crippen LogP contribution in [0.2, 0.25) is 5.02 Å². The Balaban J connectivity index is 2.26. The highest BCUT2D eigenvalue weighted by Gasteiger charge is 2.10. The van der Waals surface area contributed by atoms with Gasteiger partial charge in [-0.1, -0.05) is 18.2 Å². The number of carbonyl (C=O) groups is 1. The molecule has 0 aliphatic carbocycles. The molecule has 2 rings (SSSR count). The lowest BCUT2D eigenvalue weighted by molar-refractivity contribution is 0.105. The molecule has 0 amide bonds. The van der Waals surface area contributed by atoms with Crippen LogP contribution < -0.4 is 0 Å². The fourth-order valence-electron chi connectivity index (χ4n) is 1.40. The molecule has 0 spiro atoms. The molecule has 0 atom stereocenters. The van der Waals surface area contributed by atoms with Crippen molar-refractivity contribution < 1.29 is 4.79 Å². The molecule has 0 N–H and O–H groups in total. The summed E-state index contributed by atoms with van der Waals surface area (Å²) in [6.45, 7) is 3.78. The van der Waals surface area contributed by atoms with Crippen LogP contribution in [0.5, 0.6) is 0 Å². The molecule has 0 aliphatic heterocycles. The molecular weight excluding hydrogens is 222 g/mol. The monoisotopic (exact) mass is 231 g/mol. The van der Waals surface area contributed by atoms with Crippen LogP contribution >= 0.6 is 11.6 Å². The summed E-state index contributed by atoms with van der Waals surface area (Å²) in [5.74, 6) is -0.104. The summed E-state index contributed by atoms with van der Waals surface area (Å²) in [6.07, 6.45) is 3.58. The first-order valence-electron chi connectivity index (χ1n) is 4.81. The summed E-state index contributed by atoms with van der Waals surface area (Å²) in [5, 5.41) is 0.614. The van der Waals surface area contributed by atoms with Gasteiger partial charge in [-0.25, -0.2) is 0 Å². The zero-order chi connectivity index (χ0) is 11.5. The van der Waals surface area contributed by atoms with Crippen LogP contribution in [0.4, 0.5) is 0 Å². The third-order valence-electron chi connectivity index (χ3n) is 2.28. The Labute approximate surface area is 98.8 Å². The minimum Gasteiger partial charge on any atom is -0.321 e. The van der Waals surface area contributed by atoms with E-state index in [2.05, 4.69) is 6.58 Å². The van der Waals surface area contributed by atoms with Crippen LogP contribution in [-0.2, 0) is 0 Å². The van der Waals surface area contributed by atoms with Gasteiger partial charge in [-0.2, -0.15) is 0 Å². The fraction of sp³-hybridized carbons (Fsp3) is 0. The van der Waals surface area contributed by atoms with Gasteiger partial charge >= 0.3 is 0 Å². The van der Waals surface area contributed by atoms with Crippen molar-refractivity contribution in [3.63, 3.8) is 0 Å². The lowest BCUT2D eigenvalue weighted by Crippen LogP contribution is -2.06. The highest BCUT2D eigenvalue weighted by atomic mass is 35.5. The van der Waals surface area contributed by atoms with E-state index in [9.17, 15) is 4.79 Å². The second-order valence-corrected chi connectivity index (χ2v) is 3.81. The van der Waals surface area contributed by atoms with E-state index in [0.29, 0.717) is 16.3 Å². The van der Waals surface area contributed by atoms with Crippen molar-refractivity contribution in [1.82, 2.24) is 4.57 Å². The van der Waals surface area contributed by atoms with Crippen LogP contribution in [0.25, 0.3) is 5.70 Å². The molecular formula is C13H10ClNO. The number of allylic oxidation sites excluding steroid dienone is 1. The van der Waals surface area contributed by atoms with Crippen LogP contribution in [0.1, 0.15) is 10.4 Å². The first kappa shape index (κ1) is 10.7. The highest BCUT2D eigenvalue weighted by molar-refractivity contribution is 6.31. The SMILES string of the molecule is C=C(C(=O)c1ccc(Cl)cc1)n1cccc1. The molecule has 0 unspecified atom stereocenters. The van der Waals surface area contributed by atoms with Crippen molar-refractivity contribution in [2.75, 3.05) is 0 Å². The maximum Gasteiger partial charge on any atom is 0.209 e. The molecule has 0 aliphatic rings. The topological polar surface area (TPSA) is 22.0 Å². The van der Waals surface area contributed by atoms with E-state index in [0.717, 1.165) is 0 Å². The predicted octanol–water partition coefficient (Wildman–Crippen LogP) is 3.50. The number of Topliss-reactive ketones (excluding diaryl/α,β-unsaturated/α-hetero) is 1. The molecule has 2 nitrogen and oxygen atoms in total. The quantitative estimate of drug-likeness (QED) is 0.586. The summed E-state index contributed by atoms with van der Waals surface area (Å²) in [7, 11) is 0. The van der Waals surface area contributed by atoms with Crippen molar-refractivity contribution in [3.05, 3.63) is 66.0 Å². The molecule has 0 saturated heterocycles. The average Bonchev–Trinajstić information content (AvgIpc) is 2.81. The maximum atomic E-state index is 12.0. The van der Waals surface area contributed by atoms with Gasteiger partial charge in [0.25, 0.3) is 0 Å². The number of benzene rings is 1. The van der Waals surface area contributed by atoms with Crippen molar-refractivity contribution in [2.45, 2.75) is 0 Å². The number of hydrogen-bond donors (Lipinski definition) is 0. The fourth-order valence-corrected chi connectivity index (χ4v) is 1.53. The Morgan fingerprint density at radius 3 is 2.25 bits per heavy atom. The van der Waals surface area contributed by atoms with Gasteiger partial charge in [-0.15, -0.1) is 0 Å². The minimum atomic E-state index is -0.104. The number of rotatable bonds is 3. The van der Waals surface area contributed by atoms with Crippen molar-refractivity contribution in [2.24, 2.45) is 0 Å². The van der Waals surface area contributed by atoms with Crippen LogP contribution in [0.15, 0.2) is 55.4 Å². The third-order valence-corrected chi connectivity index (χ3v) is 2.54. The predicted molar refractivity (Wildman–Crippen MR) is 65.5 cm³/mol. The third kappa shape index (κ3) is 2.07. The summed E-state index contributed by atoms with van der Waals surface area (Å²) < 4.78 is 1.69. The number of nitrogens with zero attached hydrogens (tertiary/aromatic N) is 1. The lowest BCUT2D eigenvalue weighted by atomic mass is 10.1. The first-order valence-corrected chi connectivity index (χ1v) is 5.19. The molecule has 80 valence electrons. The lowest BCUT2D eigenvalue weighted by Gasteiger charge is -2.05. The summed E-state index contributed by atoms with van der Waals surface area (Å²) in [5.41, 5.74) is 1.01. The Bertz CT molecular complexity index is 511. The Morgan fingerprint density at radius 2 is 1.69 bits per heavy atom. The number of aromatic nitrogens is 1. The zero-order valence-electron chi connectivity index (χ0n) is 8.56. The van der Waals surface area contributed by atoms with Crippen LogP contribution in [0.3, 0.4) is 0 Å². The maximum absolute atomic E-state index is 12.0. The van der Waals surface area contributed by atoms with Crippen LogP contribution in [0, 0.1) is 0 Å². The smallest absolute Gasteiger partial charge is 0.209 e. The summed E-state index contributed by atoms with van der Waals surface area (Å²) in [4.78, 5) is 12.0. The van der Waals surface area contributed by atoms with Gasteiger partial charge in [-0.05, 0) is 36.4 Å². The number of halogens is 1. The second kappa shape index (κ2) is 4.37. The second-order valence-electron chi connectivity index (χ2n) is 3.37. The van der Waals surface area contributed by atoms with E-state index in [1.54, 1.807) is 41.2 Å². The Morgan fingerprint density at radius 1 is 1.12 bits per heavy atom. The van der Waals surface area contributed by atoms with Gasteiger partial charge in [0.2, 0.25) is 5.78 Å². The minimum absolute atomic E-state index is 0.104. The van der Waals surface area contributed by atoms with Gasteiger partial charge in [0.1, 0.15) is 0 Å². The Hall–Kier alpha value is -1.80. The van der Waals surface area contributed by atoms with Gasteiger partial charge in [0, 0.05) is 23.0 Å². The van der Waals surface area contributed by atoms with Crippen molar-refractivity contribution in [1.29, 1.82) is 0 Å². The molecule has 1 aromatic carbocycles. The van der Waals surface area contributed by atoms with E-state index >= 15 is 0 Å². The molecule has 0 fully saturated rings.